The number of anilines is 1. The van der Waals surface area contributed by atoms with Gasteiger partial charge in [0.1, 0.15) is 23.8 Å². The Bertz CT molecular complexity index is 1260. The molecule has 14 heteroatoms. The van der Waals surface area contributed by atoms with Gasteiger partial charge in [0.2, 0.25) is 23.6 Å². The molecule has 14 nitrogen and oxygen atoms in total. The zero-order valence-electron chi connectivity index (χ0n) is 22.9. The summed E-state index contributed by atoms with van der Waals surface area (Å²) in [7, 11) is 1.40. The normalized spacial score (nSPS) is 12.7. The van der Waals surface area contributed by atoms with Crippen LogP contribution in [0.1, 0.15) is 29.5 Å². The number of nitrogens with one attached hydrogen (secondary N) is 4. The molecule has 2 aromatic rings. The first kappa shape index (κ1) is 32.1. The van der Waals surface area contributed by atoms with Crippen LogP contribution in [0.25, 0.3) is 0 Å². The van der Waals surface area contributed by atoms with Crippen molar-refractivity contribution in [1.29, 1.82) is 5.41 Å². The molecule has 220 valence electrons. The molecule has 0 heterocycles. The third kappa shape index (κ3) is 10.5. The molecular formula is C27H38N10O4. The zero-order valence-corrected chi connectivity index (χ0v) is 22.9. The number of benzene rings is 2. The van der Waals surface area contributed by atoms with Gasteiger partial charge in [-0.2, -0.15) is 0 Å². The zero-order chi connectivity index (χ0) is 30.5. The molecule has 0 aliphatic rings. The number of hydrogen-bond donors (Lipinski definition) is 9. The van der Waals surface area contributed by atoms with Crippen LogP contribution in [-0.2, 0) is 32.0 Å². The van der Waals surface area contributed by atoms with Gasteiger partial charge in [0.15, 0.2) is 5.96 Å². The number of hydrogen-bond acceptors (Lipinski definition) is 7. The molecule has 14 N–H and O–H groups in total. The van der Waals surface area contributed by atoms with Crippen LogP contribution in [-0.4, -0.2) is 61.1 Å². The van der Waals surface area contributed by atoms with Crippen LogP contribution in [0.3, 0.4) is 0 Å². The standard InChI is InChI=1S/C27H38N10O4/c1-34-24(39)19(13-15-4-8-17(9-5-15)22(29)30)25(40)37-21(14-16-6-10-18(28)11-7-16)26(41)36-20(23(31)38)3-2-12-35-27(32)33/h4-11,19-21H,2-3,12-14,28H2,1H3,(H3,29,30)(H2,31,38)(H,34,39)(H,36,41)(H,37,40)(H4,32,33,35)/t19?,20-,21?/m0/s1. The highest BCUT2D eigenvalue weighted by atomic mass is 16.2. The monoisotopic (exact) mass is 566 g/mol. The van der Waals surface area contributed by atoms with Gasteiger partial charge in [-0.1, -0.05) is 36.4 Å². The average Bonchev–Trinajstić information content (AvgIpc) is 2.93. The maximum Gasteiger partial charge on any atom is 0.243 e. The van der Waals surface area contributed by atoms with Crippen molar-refractivity contribution in [1.82, 2.24) is 16.0 Å². The minimum absolute atomic E-state index is 0.0224. The fourth-order valence-electron chi connectivity index (χ4n) is 3.97. The molecule has 0 aliphatic heterocycles. The van der Waals surface area contributed by atoms with Crippen LogP contribution < -0.4 is 44.6 Å². The van der Waals surface area contributed by atoms with E-state index in [1.807, 2.05) is 0 Å². The number of carbonyl (C=O) groups excluding carboxylic acids is 4. The Hall–Kier alpha value is -5.14. The van der Waals surface area contributed by atoms with Crippen molar-refractivity contribution < 1.29 is 19.2 Å². The summed E-state index contributed by atoms with van der Waals surface area (Å²) in [6.07, 6.45) is 0.596. The van der Waals surface area contributed by atoms with E-state index >= 15 is 0 Å². The molecule has 2 aromatic carbocycles. The van der Waals surface area contributed by atoms with Crippen LogP contribution in [0.5, 0.6) is 0 Å². The lowest BCUT2D eigenvalue weighted by atomic mass is 9.95. The number of nitrogen functional groups attached to an aromatic ring is 2. The van der Waals surface area contributed by atoms with Gasteiger partial charge in [0.05, 0.1) is 0 Å². The minimum atomic E-state index is -1.18. The van der Waals surface area contributed by atoms with Crippen molar-refractivity contribution in [2.45, 2.75) is 37.8 Å². The predicted molar refractivity (Wildman–Crippen MR) is 156 cm³/mol. The lowest BCUT2D eigenvalue weighted by Crippen LogP contribution is -2.55. The summed E-state index contributed by atoms with van der Waals surface area (Å²) in [5.74, 6) is -4.08. The predicted octanol–water partition coefficient (Wildman–Crippen LogP) is -1.79. The Kier molecular flexibility index (Phi) is 12.1. The molecule has 3 atom stereocenters. The van der Waals surface area contributed by atoms with E-state index in [-0.39, 0.29) is 37.6 Å². The van der Waals surface area contributed by atoms with Gasteiger partial charge >= 0.3 is 0 Å². The molecule has 2 unspecified atom stereocenters. The van der Waals surface area contributed by atoms with E-state index in [1.165, 1.54) is 7.05 Å². The largest absolute Gasteiger partial charge is 0.399 e. The van der Waals surface area contributed by atoms with E-state index in [4.69, 9.17) is 34.1 Å². The Morgan fingerprint density at radius 2 is 1.37 bits per heavy atom. The number of nitrogens with two attached hydrogens (primary N) is 5. The summed E-state index contributed by atoms with van der Waals surface area (Å²) >= 11 is 0. The number of carbonyl (C=O) groups is 4. The first-order chi connectivity index (χ1) is 19.4. The van der Waals surface area contributed by atoms with E-state index in [0.717, 1.165) is 0 Å². The molecule has 0 saturated heterocycles. The third-order valence-electron chi connectivity index (χ3n) is 6.24. The number of guanidine groups is 1. The molecule has 2 rings (SSSR count). The van der Waals surface area contributed by atoms with Gasteiger partial charge < -0.3 is 44.6 Å². The number of aliphatic imine (C=N–C) groups is 1. The smallest absolute Gasteiger partial charge is 0.243 e. The van der Waals surface area contributed by atoms with Crippen molar-refractivity contribution in [3.63, 3.8) is 0 Å². The van der Waals surface area contributed by atoms with Crippen LogP contribution in [0.4, 0.5) is 5.69 Å². The molecule has 0 aromatic heterocycles. The SMILES string of the molecule is CNC(=O)C(Cc1ccc(C(=N)N)cc1)C(=O)NC(Cc1ccc(N)cc1)C(=O)N[C@@H](CCCN=C(N)N)C(N)=O. The Morgan fingerprint density at radius 3 is 1.90 bits per heavy atom. The molecule has 4 amide bonds. The van der Waals surface area contributed by atoms with Gasteiger partial charge in [-0.3, -0.25) is 29.6 Å². The number of rotatable bonds is 15. The number of primary amides is 1. The summed E-state index contributed by atoms with van der Waals surface area (Å²) in [5, 5.41) is 15.3. The van der Waals surface area contributed by atoms with Crippen LogP contribution in [0.2, 0.25) is 0 Å². The topological polar surface area (TPSA) is 271 Å². The summed E-state index contributed by atoms with van der Waals surface area (Å²) in [4.78, 5) is 55.4. The highest BCUT2D eigenvalue weighted by Gasteiger charge is 2.31. The van der Waals surface area contributed by atoms with Crippen molar-refractivity contribution in [2.75, 3.05) is 19.3 Å². The molecule has 0 aliphatic carbocycles. The van der Waals surface area contributed by atoms with Gasteiger partial charge in [-0.15, -0.1) is 0 Å². The quantitative estimate of drug-likeness (QED) is 0.0389. The molecular weight excluding hydrogens is 528 g/mol. The molecule has 41 heavy (non-hydrogen) atoms. The second kappa shape index (κ2) is 15.5. The maximum atomic E-state index is 13.4. The van der Waals surface area contributed by atoms with Crippen molar-refractivity contribution >= 4 is 41.1 Å². The third-order valence-corrected chi connectivity index (χ3v) is 6.24. The summed E-state index contributed by atoms with van der Waals surface area (Å²) in [5.41, 5.74) is 29.8. The summed E-state index contributed by atoms with van der Waals surface area (Å²) in [6.45, 7) is 0.231. The number of amidine groups is 1. The molecule has 0 bridgehead atoms. The highest BCUT2D eigenvalue weighted by Crippen LogP contribution is 2.14. The van der Waals surface area contributed by atoms with Crippen molar-refractivity contribution in [3.05, 3.63) is 65.2 Å². The first-order valence-electron chi connectivity index (χ1n) is 12.9. The highest BCUT2D eigenvalue weighted by molar-refractivity contribution is 6.02. The van der Waals surface area contributed by atoms with E-state index in [1.54, 1.807) is 48.5 Å². The Morgan fingerprint density at radius 1 is 0.805 bits per heavy atom. The van der Waals surface area contributed by atoms with Crippen LogP contribution >= 0.6 is 0 Å². The molecule has 0 fully saturated rings. The van der Waals surface area contributed by atoms with E-state index in [0.29, 0.717) is 28.8 Å². The van der Waals surface area contributed by atoms with Crippen LogP contribution in [0.15, 0.2) is 53.5 Å². The average molecular weight is 567 g/mol. The summed E-state index contributed by atoms with van der Waals surface area (Å²) < 4.78 is 0. The van der Waals surface area contributed by atoms with E-state index < -0.39 is 41.6 Å². The lowest BCUT2D eigenvalue weighted by Gasteiger charge is -2.24. The van der Waals surface area contributed by atoms with Crippen molar-refractivity contribution in [3.8, 4) is 0 Å². The lowest BCUT2D eigenvalue weighted by molar-refractivity contribution is -0.137. The second-order valence-corrected chi connectivity index (χ2v) is 9.40. The maximum absolute atomic E-state index is 13.4. The van der Waals surface area contributed by atoms with Gasteiger partial charge in [0.25, 0.3) is 0 Å². The van der Waals surface area contributed by atoms with Gasteiger partial charge in [0, 0.05) is 31.3 Å². The number of amides is 4. The van der Waals surface area contributed by atoms with Crippen LogP contribution in [0, 0.1) is 11.3 Å². The Balaban J connectivity index is 2.27. The van der Waals surface area contributed by atoms with E-state index in [9.17, 15) is 19.2 Å². The summed E-state index contributed by atoms with van der Waals surface area (Å²) in [6, 6.07) is 11.1. The molecule has 0 spiro atoms. The molecule has 0 saturated carbocycles. The van der Waals surface area contributed by atoms with Gasteiger partial charge in [-0.05, 0) is 42.5 Å². The number of nitrogens with zero attached hydrogens (tertiary/aromatic N) is 1. The second-order valence-electron chi connectivity index (χ2n) is 9.40. The van der Waals surface area contributed by atoms with Crippen molar-refractivity contribution in [2.24, 2.45) is 33.8 Å². The first-order valence-corrected chi connectivity index (χ1v) is 12.9. The fraction of sp³-hybridized carbons (Fsp3) is 0.333. The Labute approximate surface area is 238 Å². The van der Waals surface area contributed by atoms with E-state index in [2.05, 4.69) is 20.9 Å². The minimum Gasteiger partial charge on any atom is -0.399 e. The van der Waals surface area contributed by atoms with Gasteiger partial charge in [-0.25, -0.2) is 0 Å². The molecule has 0 radical (unpaired) electrons. The fourth-order valence-corrected chi connectivity index (χ4v) is 3.97.